The maximum absolute atomic E-state index is 3.58. The summed E-state index contributed by atoms with van der Waals surface area (Å²) in [4.78, 5) is 1.27. The lowest BCUT2D eigenvalue weighted by atomic mass is 10.4. The number of hydrogen-bond donors (Lipinski definition) is 0. The van der Waals surface area contributed by atoms with E-state index in [1.165, 1.54) is 4.91 Å². The van der Waals surface area contributed by atoms with Gasteiger partial charge in [-0.25, -0.2) is 0 Å². The zero-order valence-electron chi connectivity index (χ0n) is 5.92. The predicted molar refractivity (Wildman–Crippen MR) is 46.6 cm³/mol. The molecular weight excluding hydrogens is 128 g/mol. The molecule has 0 atom stereocenters. The van der Waals surface area contributed by atoms with E-state index in [1.54, 1.807) is 17.8 Å². The number of allylic oxidation sites excluding steroid dienone is 4. The van der Waals surface area contributed by atoms with Crippen LogP contribution in [-0.2, 0) is 0 Å². The van der Waals surface area contributed by atoms with Crippen LogP contribution in [0.1, 0.15) is 6.92 Å². The fourth-order valence-corrected chi connectivity index (χ4v) is 0.895. The number of rotatable bonds is 3. The van der Waals surface area contributed by atoms with Crippen molar-refractivity contribution in [3.05, 3.63) is 35.8 Å². The van der Waals surface area contributed by atoms with Crippen LogP contribution in [0, 0.1) is 0 Å². The summed E-state index contributed by atoms with van der Waals surface area (Å²) in [6, 6.07) is 0. The van der Waals surface area contributed by atoms with Crippen molar-refractivity contribution >= 4 is 11.8 Å². The Morgan fingerprint density at radius 1 is 1.56 bits per heavy atom. The molecule has 0 bridgehead atoms. The Hall–Kier alpha value is -0.430. The molecule has 0 saturated carbocycles. The highest BCUT2D eigenvalue weighted by atomic mass is 32.2. The van der Waals surface area contributed by atoms with Crippen molar-refractivity contribution in [3.63, 3.8) is 0 Å². The third kappa shape index (κ3) is 4.10. The van der Waals surface area contributed by atoms with Gasteiger partial charge in [0, 0.05) is 4.91 Å². The maximum Gasteiger partial charge on any atom is 0.00264 e. The van der Waals surface area contributed by atoms with Gasteiger partial charge in [0.15, 0.2) is 0 Å². The van der Waals surface area contributed by atoms with Crippen LogP contribution in [-0.4, -0.2) is 6.26 Å². The van der Waals surface area contributed by atoms with Gasteiger partial charge >= 0.3 is 0 Å². The first kappa shape index (κ1) is 8.57. The van der Waals surface area contributed by atoms with Gasteiger partial charge in [-0.1, -0.05) is 24.8 Å². The minimum Gasteiger partial charge on any atom is -0.130 e. The van der Waals surface area contributed by atoms with Crippen molar-refractivity contribution in [2.75, 3.05) is 6.26 Å². The second-order valence-corrected chi connectivity index (χ2v) is 2.37. The van der Waals surface area contributed by atoms with Gasteiger partial charge in [0.2, 0.25) is 0 Å². The van der Waals surface area contributed by atoms with Crippen molar-refractivity contribution in [2.45, 2.75) is 6.92 Å². The largest absolute Gasteiger partial charge is 0.130 e. The fourth-order valence-electron chi connectivity index (χ4n) is 0.445. The molecule has 0 N–H and O–H groups in total. The Balaban J connectivity index is 3.84. The smallest absolute Gasteiger partial charge is 0.00264 e. The average molecular weight is 140 g/mol. The molecule has 0 saturated heterocycles. The summed E-state index contributed by atoms with van der Waals surface area (Å²) in [6.45, 7) is 5.60. The van der Waals surface area contributed by atoms with Crippen molar-refractivity contribution in [1.82, 2.24) is 0 Å². The SMILES string of the molecule is C=CC=CC(=CC)SC. The Bertz CT molecular complexity index is 132. The van der Waals surface area contributed by atoms with E-state index < -0.39 is 0 Å². The molecule has 0 aliphatic rings. The molecule has 0 radical (unpaired) electrons. The molecule has 0 aliphatic carbocycles. The molecule has 0 aliphatic heterocycles. The molecule has 0 aromatic carbocycles. The summed E-state index contributed by atoms with van der Waals surface area (Å²) in [5, 5.41) is 0. The van der Waals surface area contributed by atoms with Crippen LogP contribution in [0.4, 0.5) is 0 Å². The van der Waals surface area contributed by atoms with Crippen LogP contribution in [0.2, 0.25) is 0 Å². The van der Waals surface area contributed by atoms with Gasteiger partial charge in [0.25, 0.3) is 0 Å². The average Bonchev–Trinajstić information content (AvgIpc) is 1.91. The molecule has 0 aromatic heterocycles. The standard InChI is InChI=1S/C8H12S/c1-4-6-7-8(5-2)9-3/h4-7H,1H2,2-3H3. The number of thioether (sulfide) groups is 1. The third-order valence-electron chi connectivity index (χ3n) is 0.917. The fraction of sp³-hybridized carbons (Fsp3) is 0.250. The van der Waals surface area contributed by atoms with Crippen LogP contribution in [0.25, 0.3) is 0 Å². The highest BCUT2D eigenvalue weighted by Crippen LogP contribution is 2.11. The van der Waals surface area contributed by atoms with Crippen molar-refractivity contribution in [3.8, 4) is 0 Å². The topological polar surface area (TPSA) is 0 Å². The summed E-state index contributed by atoms with van der Waals surface area (Å²) in [7, 11) is 0. The first-order valence-corrected chi connectivity index (χ1v) is 4.07. The molecule has 0 nitrogen and oxygen atoms in total. The molecule has 0 heterocycles. The van der Waals surface area contributed by atoms with Crippen molar-refractivity contribution < 1.29 is 0 Å². The van der Waals surface area contributed by atoms with E-state index in [9.17, 15) is 0 Å². The summed E-state index contributed by atoms with van der Waals surface area (Å²) >= 11 is 1.74. The lowest BCUT2D eigenvalue weighted by molar-refractivity contribution is 1.70. The molecule has 9 heavy (non-hydrogen) atoms. The van der Waals surface area contributed by atoms with Crippen LogP contribution in [0.15, 0.2) is 35.8 Å². The third-order valence-corrected chi connectivity index (χ3v) is 1.76. The van der Waals surface area contributed by atoms with Gasteiger partial charge in [-0.05, 0) is 19.3 Å². The van der Waals surface area contributed by atoms with Crippen LogP contribution < -0.4 is 0 Å². The summed E-state index contributed by atoms with van der Waals surface area (Å²) < 4.78 is 0. The van der Waals surface area contributed by atoms with E-state index in [4.69, 9.17) is 0 Å². The Labute approximate surface area is 61.3 Å². The van der Waals surface area contributed by atoms with E-state index in [0.717, 1.165) is 0 Å². The van der Waals surface area contributed by atoms with E-state index in [0.29, 0.717) is 0 Å². The molecule has 0 unspecified atom stereocenters. The molecular formula is C8H12S. The monoisotopic (exact) mass is 140 g/mol. The Morgan fingerprint density at radius 3 is 2.56 bits per heavy atom. The molecule has 1 heteroatoms. The zero-order chi connectivity index (χ0) is 7.11. The lowest BCUT2D eigenvalue weighted by Crippen LogP contribution is -1.63. The Morgan fingerprint density at radius 2 is 2.22 bits per heavy atom. The van der Waals surface area contributed by atoms with E-state index in [1.807, 2.05) is 19.1 Å². The van der Waals surface area contributed by atoms with Gasteiger partial charge < -0.3 is 0 Å². The summed E-state index contributed by atoms with van der Waals surface area (Å²) in [5.74, 6) is 0. The van der Waals surface area contributed by atoms with Crippen LogP contribution in [0.3, 0.4) is 0 Å². The molecule has 0 amide bonds. The first-order chi connectivity index (χ1) is 4.35. The molecule has 0 aromatic rings. The highest BCUT2D eigenvalue weighted by molar-refractivity contribution is 8.02. The maximum atomic E-state index is 3.58. The molecule has 0 fully saturated rings. The Kier molecular flexibility index (Phi) is 5.43. The van der Waals surface area contributed by atoms with Crippen molar-refractivity contribution in [1.29, 1.82) is 0 Å². The second kappa shape index (κ2) is 5.70. The van der Waals surface area contributed by atoms with Gasteiger partial charge in [-0.3, -0.25) is 0 Å². The summed E-state index contributed by atoms with van der Waals surface area (Å²) in [6.07, 6.45) is 9.89. The van der Waals surface area contributed by atoms with Crippen molar-refractivity contribution in [2.24, 2.45) is 0 Å². The molecule has 50 valence electrons. The normalized spacial score (nSPS) is 12.4. The van der Waals surface area contributed by atoms with Gasteiger partial charge in [-0.2, -0.15) is 0 Å². The van der Waals surface area contributed by atoms with Gasteiger partial charge in [-0.15, -0.1) is 11.8 Å². The van der Waals surface area contributed by atoms with Gasteiger partial charge in [0.05, 0.1) is 0 Å². The van der Waals surface area contributed by atoms with Crippen LogP contribution >= 0.6 is 11.8 Å². The minimum atomic E-state index is 1.27. The second-order valence-electron chi connectivity index (χ2n) is 1.49. The van der Waals surface area contributed by atoms with Gasteiger partial charge in [0.1, 0.15) is 0 Å². The first-order valence-electron chi connectivity index (χ1n) is 2.84. The minimum absolute atomic E-state index is 1.27. The van der Waals surface area contributed by atoms with E-state index >= 15 is 0 Å². The molecule has 0 rings (SSSR count). The lowest BCUT2D eigenvalue weighted by Gasteiger charge is -1.90. The molecule has 0 spiro atoms. The summed E-state index contributed by atoms with van der Waals surface area (Å²) in [5.41, 5.74) is 0. The van der Waals surface area contributed by atoms with E-state index in [2.05, 4.69) is 18.9 Å². The zero-order valence-corrected chi connectivity index (χ0v) is 6.74. The predicted octanol–water partition coefficient (Wildman–Crippen LogP) is 3.00. The number of hydrogen-bond acceptors (Lipinski definition) is 1. The van der Waals surface area contributed by atoms with Crippen LogP contribution in [0.5, 0.6) is 0 Å². The highest BCUT2D eigenvalue weighted by Gasteiger charge is 1.80. The van der Waals surface area contributed by atoms with E-state index in [-0.39, 0.29) is 0 Å². The quantitative estimate of drug-likeness (QED) is 0.543.